The minimum Gasteiger partial charge on any atom is -0.438 e. The average molecular weight is 442 g/mol. The number of aromatic nitrogens is 3. The lowest BCUT2D eigenvalue weighted by Crippen LogP contribution is -2.12. The highest BCUT2D eigenvalue weighted by molar-refractivity contribution is 5.92. The zero-order valence-corrected chi connectivity index (χ0v) is 17.5. The maximum atomic E-state index is 12.7. The van der Waals surface area contributed by atoms with Gasteiger partial charge in [0, 0.05) is 18.9 Å². The van der Waals surface area contributed by atoms with Crippen molar-refractivity contribution in [2.24, 2.45) is 7.05 Å². The predicted octanol–water partition coefficient (Wildman–Crippen LogP) is 5.71. The molecule has 0 saturated carbocycles. The lowest BCUT2D eigenvalue weighted by Gasteiger charge is -2.09. The van der Waals surface area contributed by atoms with Crippen LogP contribution in [0.4, 0.5) is 18.9 Å². The summed E-state index contributed by atoms with van der Waals surface area (Å²) in [6.07, 6.45) is 1.73. The van der Waals surface area contributed by atoms with Gasteiger partial charge in [0.25, 0.3) is 0 Å². The van der Waals surface area contributed by atoms with Crippen molar-refractivity contribution in [2.75, 3.05) is 5.32 Å². The predicted molar refractivity (Wildman–Crippen MR) is 116 cm³/mol. The first kappa shape index (κ1) is 22.8. The van der Waals surface area contributed by atoms with E-state index in [2.05, 4.69) is 21.9 Å². The van der Waals surface area contributed by atoms with Gasteiger partial charge in [-0.25, -0.2) is 9.97 Å². The average Bonchev–Trinajstić information content (AvgIpc) is 3.11. The van der Waals surface area contributed by atoms with E-state index in [1.165, 1.54) is 19.3 Å². The van der Waals surface area contributed by atoms with Gasteiger partial charge in [-0.2, -0.15) is 13.2 Å². The fraction of sp³-hybridized carbons (Fsp3) is 0.174. The molecule has 0 aliphatic rings. The fourth-order valence-corrected chi connectivity index (χ4v) is 2.89. The summed E-state index contributed by atoms with van der Waals surface area (Å²) in [4.78, 5) is 20.5. The quantitative estimate of drug-likeness (QED) is 0.476. The summed E-state index contributed by atoms with van der Waals surface area (Å²) in [6.45, 7) is 4.93. The lowest BCUT2D eigenvalue weighted by atomic mass is 10.1. The van der Waals surface area contributed by atoms with Gasteiger partial charge >= 0.3 is 6.18 Å². The number of alkyl halides is 3. The van der Waals surface area contributed by atoms with Crippen LogP contribution >= 0.6 is 0 Å². The van der Waals surface area contributed by atoms with E-state index in [4.69, 9.17) is 4.74 Å². The highest BCUT2D eigenvalue weighted by Gasteiger charge is 2.30. The molecule has 3 aromatic rings. The van der Waals surface area contributed by atoms with Gasteiger partial charge in [0.05, 0.1) is 17.4 Å². The van der Waals surface area contributed by atoms with E-state index in [-0.39, 0.29) is 12.0 Å². The molecular formula is C23H21F3N4O2. The van der Waals surface area contributed by atoms with Crippen LogP contribution in [0.25, 0.3) is 11.0 Å². The van der Waals surface area contributed by atoms with Crippen molar-refractivity contribution >= 4 is 22.6 Å². The Morgan fingerprint density at radius 1 is 1.19 bits per heavy atom. The first-order valence-corrected chi connectivity index (χ1v) is 9.60. The molecule has 6 nitrogen and oxygen atoms in total. The Bertz CT molecular complexity index is 1190. The summed E-state index contributed by atoms with van der Waals surface area (Å²) in [5, 5.41) is 3.44. The molecule has 0 aliphatic carbocycles. The van der Waals surface area contributed by atoms with Gasteiger partial charge in [-0.3, -0.25) is 4.79 Å². The molecule has 0 aliphatic heterocycles. The Morgan fingerprint density at radius 3 is 2.56 bits per heavy atom. The third-order valence-electron chi connectivity index (χ3n) is 4.50. The number of hydrogen-bond donors (Lipinski definition) is 1. The summed E-state index contributed by atoms with van der Waals surface area (Å²) < 4.78 is 45.8. The van der Waals surface area contributed by atoms with Gasteiger partial charge in [-0.1, -0.05) is 24.8 Å². The number of aryl methyl sites for hydroxylation is 1. The Hall–Kier alpha value is -3.88. The smallest absolute Gasteiger partial charge is 0.416 e. The van der Waals surface area contributed by atoms with Crippen LogP contribution in [0.3, 0.4) is 0 Å². The standard InChI is InChI=1S/C23H21F3N4O2/c1-4-16(23(24,25)26)6-5-15(2)13-20(31)29-17-7-9-18(10-8-17)32-22-19-11-12-30(3)21(19)27-14-28-22/h4-12,14H,2,13H2,1,3H3,(H,29,31)/b6-5-,16-4+. The number of anilines is 1. The number of fused-ring (bicyclic) bond motifs is 1. The number of halogens is 3. The molecule has 0 spiro atoms. The monoisotopic (exact) mass is 442 g/mol. The number of hydrogen-bond acceptors (Lipinski definition) is 4. The molecule has 3 rings (SSSR count). The van der Waals surface area contributed by atoms with E-state index in [0.29, 0.717) is 17.3 Å². The molecule has 1 N–H and O–H groups in total. The van der Waals surface area contributed by atoms with Crippen LogP contribution in [0.1, 0.15) is 13.3 Å². The summed E-state index contributed by atoms with van der Waals surface area (Å²) in [5.41, 5.74) is 0.703. The molecule has 1 amide bonds. The lowest BCUT2D eigenvalue weighted by molar-refractivity contribution is -0.115. The number of ether oxygens (including phenoxy) is 1. The molecule has 0 saturated heterocycles. The number of amides is 1. The van der Waals surface area contributed by atoms with Crippen molar-refractivity contribution in [3.63, 3.8) is 0 Å². The normalized spacial score (nSPS) is 12.3. The van der Waals surface area contributed by atoms with Gasteiger partial charge in [-0.15, -0.1) is 0 Å². The van der Waals surface area contributed by atoms with Gasteiger partial charge in [-0.05, 0) is 42.8 Å². The minimum atomic E-state index is -4.45. The molecule has 0 radical (unpaired) electrons. The number of rotatable bonds is 7. The third kappa shape index (κ3) is 5.63. The Balaban J connectivity index is 1.58. The van der Waals surface area contributed by atoms with E-state index in [1.807, 2.05) is 23.9 Å². The van der Waals surface area contributed by atoms with E-state index in [1.54, 1.807) is 24.3 Å². The largest absolute Gasteiger partial charge is 0.438 e. The summed E-state index contributed by atoms with van der Waals surface area (Å²) in [7, 11) is 1.87. The number of allylic oxidation sites excluding steroid dienone is 4. The van der Waals surface area contributed by atoms with Crippen molar-refractivity contribution < 1.29 is 22.7 Å². The van der Waals surface area contributed by atoms with Crippen molar-refractivity contribution in [1.29, 1.82) is 0 Å². The summed E-state index contributed by atoms with van der Waals surface area (Å²) in [6, 6.07) is 8.49. The highest BCUT2D eigenvalue weighted by Crippen LogP contribution is 2.28. The zero-order chi connectivity index (χ0) is 23.3. The molecule has 1 aromatic carbocycles. The van der Waals surface area contributed by atoms with Crippen LogP contribution in [0.2, 0.25) is 0 Å². The van der Waals surface area contributed by atoms with E-state index >= 15 is 0 Å². The number of benzene rings is 1. The summed E-state index contributed by atoms with van der Waals surface area (Å²) >= 11 is 0. The van der Waals surface area contributed by atoms with Crippen molar-refractivity contribution in [1.82, 2.24) is 14.5 Å². The molecule has 0 fully saturated rings. The van der Waals surface area contributed by atoms with Crippen molar-refractivity contribution in [3.05, 3.63) is 78.8 Å². The second-order valence-corrected chi connectivity index (χ2v) is 6.93. The Kier molecular flexibility index (Phi) is 6.77. The number of carbonyl (C=O) groups excluding carboxylic acids is 1. The van der Waals surface area contributed by atoms with Crippen LogP contribution in [0.5, 0.6) is 11.6 Å². The van der Waals surface area contributed by atoms with Crippen LogP contribution in [0.15, 0.2) is 78.8 Å². The number of nitrogens with one attached hydrogen (secondary N) is 1. The maximum Gasteiger partial charge on any atom is 0.416 e. The van der Waals surface area contributed by atoms with Crippen LogP contribution < -0.4 is 10.1 Å². The van der Waals surface area contributed by atoms with Gasteiger partial charge in [0.2, 0.25) is 11.8 Å². The molecule has 166 valence electrons. The van der Waals surface area contributed by atoms with Crippen molar-refractivity contribution in [2.45, 2.75) is 19.5 Å². The molecule has 0 unspecified atom stereocenters. The molecule has 0 bridgehead atoms. The first-order chi connectivity index (χ1) is 15.2. The Morgan fingerprint density at radius 2 is 1.91 bits per heavy atom. The topological polar surface area (TPSA) is 69.0 Å². The highest BCUT2D eigenvalue weighted by atomic mass is 19.4. The SMILES string of the molecule is C=C(/C=C\C(=C/C)C(F)(F)F)CC(=O)Nc1ccc(Oc2ncnc3c2ccn3C)cc1. The van der Waals surface area contributed by atoms with E-state index < -0.39 is 17.7 Å². The maximum absolute atomic E-state index is 12.7. The second kappa shape index (κ2) is 9.51. The zero-order valence-electron chi connectivity index (χ0n) is 17.5. The van der Waals surface area contributed by atoms with Gasteiger partial charge < -0.3 is 14.6 Å². The van der Waals surface area contributed by atoms with Crippen LogP contribution in [-0.2, 0) is 11.8 Å². The van der Waals surface area contributed by atoms with E-state index in [9.17, 15) is 18.0 Å². The molecule has 9 heteroatoms. The Labute approximate surface area is 182 Å². The number of carbonyl (C=O) groups is 1. The van der Waals surface area contributed by atoms with Crippen LogP contribution in [0, 0.1) is 0 Å². The molecule has 0 atom stereocenters. The van der Waals surface area contributed by atoms with E-state index in [0.717, 1.165) is 23.2 Å². The molecule has 2 heterocycles. The first-order valence-electron chi connectivity index (χ1n) is 9.60. The van der Waals surface area contributed by atoms with Crippen LogP contribution in [-0.4, -0.2) is 26.6 Å². The van der Waals surface area contributed by atoms with Gasteiger partial charge in [0.1, 0.15) is 17.7 Å². The molecule has 2 aromatic heterocycles. The number of nitrogens with zero attached hydrogens (tertiary/aromatic N) is 3. The van der Waals surface area contributed by atoms with Gasteiger partial charge in [0.15, 0.2) is 0 Å². The second-order valence-electron chi connectivity index (χ2n) is 6.93. The fourth-order valence-electron chi connectivity index (χ4n) is 2.89. The minimum absolute atomic E-state index is 0.142. The molecular weight excluding hydrogens is 421 g/mol. The van der Waals surface area contributed by atoms with Crippen molar-refractivity contribution in [3.8, 4) is 11.6 Å². The third-order valence-corrected chi connectivity index (χ3v) is 4.50. The summed E-state index contributed by atoms with van der Waals surface area (Å²) in [5.74, 6) is 0.532. The molecule has 32 heavy (non-hydrogen) atoms.